The number of aromatic amines is 1. The van der Waals surface area contributed by atoms with Crippen molar-refractivity contribution in [2.45, 2.75) is 6.92 Å². The van der Waals surface area contributed by atoms with Crippen LogP contribution in [-0.4, -0.2) is 21.3 Å². The van der Waals surface area contributed by atoms with Crippen LogP contribution in [0.3, 0.4) is 0 Å². The smallest absolute Gasteiger partial charge is 0.279 e. The summed E-state index contributed by atoms with van der Waals surface area (Å²) in [6, 6.07) is 11.3. The highest BCUT2D eigenvalue weighted by atomic mass is 32.1. The third kappa shape index (κ3) is 2.89. The van der Waals surface area contributed by atoms with E-state index in [2.05, 4.69) is 20.7 Å². The Balaban J connectivity index is 1.49. The van der Waals surface area contributed by atoms with Crippen LogP contribution in [0.4, 0.5) is 5.82 Å². The first kappa shape index (κ1) is 14.9. The van der Waals surface area contributed by atoms with Crippen LogP contribution in [-0.2, 0) is 0 Å². The van der Waals surface area contributed by atoms with Crippen LogP contribution in [0.1, 0.15) is 15.4 Å². The number of anilines is 1. The molecular weight excluding hydrogens is 344 g/mol. The number of hydrogen-bond donors (Lipinski definition) is 2. The quantitative estimate of drug-likeness (QED) is 0.567. The van der Waals surface area contributed by atoms with Gasteiger partial charge in [0.05, 0.1) is 15.4 Å². The van der Waals surface area contributed by atoms with Crippen LogP contribution in [0.25, 0.3) is 21.2 Å². The second-order valence-electron chi connectivity index (χ2n) is 5.08. The zero-order chi connectivity index (χ0) is 16.5. The monoisotopic (exact) mass is 356 g/mol. The maximum absolute atomic E-state index is 12.3. The molecule has 2 N–H and O–H groups in total. The molecule has 0 aliphatic rings. The van der Waals surface area contributed by atoms with Crippen molar-refractivity contribution in [3.8, 4) is 21.2 Å². The lowest BCUT2D eigenvalue weighted by Crippen LogP contribution is -2.12. The summed E-state index contributed by atoms with van der Waals surface area (Å²) in [5, 5.41) is 15.5. The van der Waals surface area contributed by atoms with Gasteiger partial charge in [-0.3, -0.25) is 9.89 Å². The number of aryl methyl sites for hydroxylation is 1. The summed E-state index contributed by atoms with van der Waals surface area (Å²) in [4.78, 5) is 15.5. The fourth-order valence-corrected chi connectivity index (χ4v) is 3.70. The molecule has 1 amide bonds. The molecule has 0 saturated heterocycles. The number of carbonyl (C=O) groups is 1. The number of rotatable bonds is 4. The first-order valence-electron chi connectivity index (χ1n) is 7.13. The Morgan fingerprint density at radius 1 is 1.25 bits per heavy atom. The average molecular weight is 356 g/mol. The van der Waals surface area contributed by atoms with E-state index in [-0.39, 0.29) is 11.6 Å². The van der Waals surface area contributed by atoms with Crippen molar-refractivity contribution in [3.05, 3.63) is 52.3 Å². The number of H-pyrrole nitrogens is 1. The van der Waals surface area contributed by atoms with Crippen LogP contribution < -0.4 is 5.32 Å². The molecule has 0 bridgehead atoms. The molecule has 0 atom stereocenters. The van der Waals surface area contributed by atoms with E-state index < -0.39 is 0 Å². The highest BCUT2D eigenvalue weighted by molar-refractivity contribution is 7.15. The third-order valence-electron chi connectivity index (χ3n) is 3.33. The summed E-state index contributed by atoms with van der Waals surface area (Å²) in [5.74, 6) is 0.663. The molecule has 0 aliphatic carbocycles. The molecule has 0 saturated carbocycles. The summed E-state index contributed by atoms with van der Waals surface area (Å²) in [7, 11) is 0. The Kier molecular flexibility index (Phi) is 3.75. The predicted octanol–water partition coefficient (Wildman–Crippen LogP) is 4.42. The van der Waals surface area contributed by atoms with E-state index in [1.54, 1.807) is 23.5 Å². The molecule has 0 aromatic carbocycles. The van der Waals surface area contributed by atoms with Gasteiger partial charge in [0.2, 0.25) is 0 Å². The zero-order valence-electron chi connectivity index (χ0n) is 12.6. The molecule has 4 heterocycles. The van der Waals surface area contributed by atoms with Crippen molar-refractivity contribution < 1.29 is 9.32 Å². The topological polar surface area (TPSA) is 83.8 Å². The Morgan fingerprint density at radius 3 is 2.92 bits per heavy atom. The predicted molar refractivity (Wildman–Crippen MR) is 94.4 cm³/mol. The molecule has 0 aliphatic heterocycles. The van der Waals surface area contributed by atoms with Gasteiger partial charge in [-0.05, 0) is 30.5 Å². The van der Waals surface area contributed by atoms with Crippen LogP contribution in [0.15, 0.2) is 46.3 Å². The fourth-order valence-electron chi connectivity index (χ4n) is 2.19. The van der Waals surface area contributed by atoms with E-state index in [0.29, 0.717) is 11.6 Å². The first-order chi connectivity index (χ1) is 11.7. The summed E-state index contributed by atoms with van der Waals surface area (Å²) < 4.78 is 5.22. The van der Waals surface area contributed by atoms with E-state index in [1.807, 2.05) is 36.6 Å². The molecule has 4 rings (SSSR count). The average Bonchev–Trinajstić information content (AvgIpc) is 3.34. The third-order valence-corrected chi connectivity index (χ3v) is 5.25. The van der Waals surface area contributed by atoms with Gasteiger partial charge in [0.25, 0.3) is 5.91 Å². The van der Waals surface area contributed by atoms with Gasteiger partial charge in [0, 0.05) is 17.0 Å². The van der Waals surface area contributed by atoms with Crippen molar-refractivity contribution in [1.29, 1.82) is 0 Å². The molecule has 120 valence electrons. The minimum atomic E-state index is -0.359. The SMILES string of the molecule is Cc1ccc(-c2cc(NC(=O)c3cc(-c4cccs4)on3)n[nH]2)s1. The van der Waals surface area contributed by atoms with Crippen LogP contribution >= 0.6 is 22.7 Å². The van der Waals surface area contributed by atoms with E-state index in [9.17, 15) is 4.79 Å². The second-order valence-corrected chi connectivity index (χ2v) is 7.32. The molecule has 0 fully saturated rings. The molecule has 0 radical (unpaired) electrons. The molecule has 4 aromatic rings. The van der Waals surface area contributed by atoms with E-state index in [1.165, 1.54) is 16.2 Å². The lowest BCUT2D eigenvalue weighted by atomic mass is 10.3. The molecule has 0 unspecified atom stereocenters. The molecule has 0 spiro atoms. The van der Waals surface area contributed by atoms with Gasteiger partial charge in [-0.25, -0.2) is 0 Å². The van der Waals surface area contributed by atoms with Gasteiger partial charge < -0.3 is 9.84 Å². The number of thiophene rings is 2. The van der Waals surface area contributed by atoms with Crippen molar-refractivity contribution in [2.24, 2.45) is 0 Å². The Morgan fingerprint density at radius 2 is 2.17 bits per heavy atom. The minimum absolute atomic E-state index is 0.218. The lowest BCUT2D eigenvalue weighted by molar-refractivity contribution is 0.101. The number of hydrogen-bond acceptors (Lipinski definition) is 6. The van der Waals surface area contributed by atoms with Crippen molar-refractivity contribution in [3.63, 3.8) is 0 Å². The number of nitrogens with zero attached hydrogens (tertiary/aromatic N) is 2. The summed E-state index contributed by atoms with van der Waals surface area (Å²) in [5.41, 5.74) is 1.08. The minimum Gasteiger partial charge on any atom is -0.355 e. The normalized spacial score (nSPS) is 10.9. The Bertz CT molecular complexity index is 981. The van der Waals surface area contributed by atoms with Gasteiger partial charge in [-0.1, -0.05) is 11.2 Å². The molecular formula is C16H12N4O2S2. The largest absolute Gasteiger partial charge is 0.355 e. The summed E-state index contributed by atoms with van der Waals surface area (Å²) in [6.45, 7) is 2.04. The molecule has 6 nitrogen and oxygen atoms in total. The highest BCUT2D eigenvalue weighted by Gasteiger charge is 2.16. The number of amides is 1. The number of carbonyl (C=O) groups excluding carboxylic acids is 1. The van der Waals surface area contributed by atoms with E-state index >= 15 is 0 Å². The van der Waals surface area contributed by atoms with Gasteiger partial charge in [-0.15, -0.1) is 22.7 Å². The maximum Gasteiger partial charge on any atom is 0.279 e. The second kappa shape index (κ2) is 6.06. The fraction of sp³-hybridized carbons (Fsp3) is 0.0625. The van der Waals surface area contributed by atoms with Crippen molar-refractivity contribution >= 4 is 34.4 Å². The van der Waals surface area contributed by atoms with Crippen LogP contribution in [0.2, 0.25) is 0 Å². The van der Waals surface area contributed by atoms with Gasteiger partial charge in [-0.2, -0.15) is 5.10 Å². The van der Waals surface area contributed by atoms with Crippen LogP contribution in [0, 0.1) is 6.92 Å². The van der Waals surface area contributed by atoms with Gasteiger partial charge >= 0.3 is 0 Å². The lowest BCUT2D eigenvalue weighted by Gasteiger charge is -1.95. The van der Waals surface area contributed by atoms with Gasteiger partial charge in [0.15, 0.2) is 17.3 Å². The van der Waals surface area contributed by atoms with E-state index in [4.69, 9.17) is 4.52 Å². The zero-order valence-corrected chi connectivity index (χ0v) is 14.2. The summed E-state index contributed by atoms with van der Waals surface area (Å²) in [6.07, 6.45) is 0. The van der Waals surface area contributed by atoms with E-state index in [0.717, 1.165) is 15.4 Å². The number of aromatic nitrogens is 3. The molecule has 8 heteroatoms. The highest BCUT2D eigenvalue weighted by Crippen LogP contribution is 2.28. The number of nitrogens with one attached hydrogen (secondary N) is 2. The van der Waals surface area contributed by atoms with Gasteiger partial charge in [0.1, 0.15) is 0 Å². The standard InChI is InChI=1S/C16H12N4O2S2/c1-9-4-5-13(24-9)10-8-15(19-18-10)17-16(21)11-7-12(22-20-11)14-3-2-6-23-14/h2-8H,1H3,(H2,17,18,19,21). The molecule has 24 heavy (non-hydrogen) atoms. The Labute approximate surface area is 145 Å². The van der Waals surface area contributed by atoms with Crippen molar-refractivity contribution in [1.82, 2.24) is 15.4 Å². The van der Waals surface area contributed by atoms with Crippen LogP contribution in [0.5, 0.6) is 0 Å². The van der Waals surface area contributed by atoms with Crippen molar-refractivity contribution in [2.75, 3.05) is 5.32 Å². The first-order valence-corrected chi connectivity index (χ1v) is 8.83. The maximum atomic E-state index is 12.3. The Hall–Kier alpha value is -2.71. The molecule has 4 aromatic heterocycles. The summed E-state index contributed by atoms with van der Waals surface area (Å²) >= 11 is 3.19.